The van der Waals surface area contributed by atoms with Crippen molar-refractivity contribution in [3.8, 4) is 0 Å². The molecule has 1 fully saturated rings. The number of halogens is 2. The molecule has 30 heavy (non-hydrogen) atoms. The molecule has 3 heterocycles. The lowest BCUT2D eigenvalue weighted by Gasteiger charge is -2.15. The molecule has 0 saturated heterocycles. The Morgan fingerprint density at radius 3 is 2.80 bits per heavy atom. The van der Waals surface area contributed by atoms with Gasteiger partial charge in [-0.3, -0.25) is 13.4 Å². The standard InChI is InChI=1S/C18H22ClIN8OS/c1-9(11-4-5-11)22-15-12-6-7-28(30-20)16(12)25-18(24-15)23-13-8-27(26-14(13)19)10(2)17(29)21-3/h6-11H,4-5H2,1-3H3,(H,21,29)(H2,22,23,24,25)/t9-,10?/m0/s1. The van der Waals surface area contributed by atoms with Crippen LogP contribution < -0.4 is 16.0 Å². The van der Waals surface area contributed by atoms with Crippen LogP contribution in [0.25, 0.3) is 11.0 Å². The average molecular weight is 561 g/mol. The monoisotopic (exact) mass is 560 g/mol. The molecule has 1 saturated carbocycles. The third-order valence-electron chi connectivity index (χ3n) is 5.23. The van der Waals surface area contributed by atoms with Crippen molar-refractivity contribution in [2.75, 3.05) is 17.7 Å². The zero-order valence-corrected chi connectivity index (χ0v) is 20.4. The van der Waals surface area contributed by atoms with Gasteiger partial charge in [0.05, 0.1) is 17.3 Å². The van der Waals surface area contributed by atoms with Crippen LogP contribution in [0.2, 0.25) is 5.15 Å². The number of amides is 1. The van der Waals surface area contributed by atoms with Gasteiger partial charge < -0.3 is 16.0 Å². The molecule has 1 aliphatic rings. The van der Waals surface area contributed by atoms with Gasteiger partial charge in [-0.2, -0.15) is 15.1 Å². The first-order chi connectivity index (χ1) is 14.4. The molecule has 12 heteroatoms. The summed E-state index contributed by atoms with van der Waals surface area (Å²) in [5.41, 5.74) is 1.34. The van der Waals surface area contributed by atoms with Gasteiger partial charge in [0.15, 0.2) is 10.8 Å². The van der Waals surface area contributed by atoms with Crippen LogP contribution >= 0.6 is 41.9 Å². The summed E-state index contributed by atoms with van der Waals surface area (Å²) in [5, 5.41) is 14.8. The number of aromatic nitrogens is 5. The Kier molecular flexibility index (Phi) is 6.30. The van der Waals surface area contributed by atoms with Gasteiger partial charge in [-0.15, -0.1) is 0 Å². The van der Waals surface area contributed by atoms with E-state index in [-0.39, 0.29) is 11.1 Å². The molecule has 1 amide bonds. The van der Waals surface area contributed by atoms with Crippen molar-refractivity contribution in [1.29, 1.82) is 0 Å². The van der Waals surface area contributed by atoms with E-state index in [0.29, 0.717) is 23.6 Å². The highest BCUT2D eigenvalue weighted by Crippen LogP contribution is 2.36. The number of likely N-dealkylation sites (N-methyl/N-ethyl adjacent to an activating group) is 1. The SMILES string of the molecule is CNC(=O)C(C)n1cc(Nc2nc(N[C@@H](C)C3CC3)c3ccn(SI)c3n2)c(Cl)n1. The van der Waals surface area contributed by atoms with Crippen molar-refractivity contribution in [3.05, 3.63) is 23.6 Å². The smallest absolute Gasteiger partial charge is 0.244 e. The Morgan fingerprint density at radius 1 is 1.37 bits per heavy atom. The van der Waals surface area contributed by atoms with Gasteiger partial charge >= 0.3 is 0 Å². The van der Waals surface area contributed by atoms with Gasteiger partial charge in [0, 0.05) is 49.6 Å². The van der Waals surface area contributed by atoms with Crippen LogP contribution in [-0.2, 0) is 4.79 Å². The molecule has 9 nitrogen and oxygen atoms in total. The molecule has 160 valence electrons. The summed E-state index contributed by atoms with van der Waals surface area (Å²) in [7, 11) is 3.12. The minimum absolute atomic E-state index is 0.157. The van der Waals surface area contributed by atoms with E-state index in [9.17, 15) is 4.79 Å². The van der Waals surface area contributed by atoms with Crippen molar-refractivity contribution in [3.63, 3.8) is 0 Å². The van der Waals surface area contributed by atoms with Gasteiger partial charge in [-0.05, 0) is 38.7 Å². The fourth-order valence-corrected chi connectivity index (χ4v) is 4.69. The summed E-state index contributed by atoms with van der Waals surface area (Å²) >= 11 is 8.53. The minimum atomic E-state index is -0.490. The number of carbonyl (C=O) groups excluding carboxylic acids is 1. The van der Waals surface area contributed by atoms with Crippen LogP contribution in [0.4, 0.5) is 17.5 Å². The number of anilines is 3. The van der Waals surface area contributed by atoms with E-state index < -0.39 is 6.04 Å². The molecular formula is C18H22ClIN8OS. The van der Waals surface area contributed by atoms with Crippen molar-refractivity contribution >= 4 is 76.3 Å². The predicted octanol–water partition coefficient (Wildman–Crippen LogP) is 4.39. The second-order valence-corrected chi connectivity index (χ2v) is 9.41. The lowest BCUT2D eigenvalue weighted by atomic mass is 10.2. The number of hydrogen-bond donors (Lipinski definition) is 3. The number of nitrogens with zero attached hydrogens (tertiary/aromatic N) is 5. The number of fused-ring (bicyclic) bond motifs is 1. The first-order valence-corrected chi connectivity index (χ1v) is 13.3. The number of hydrogen-bond acceptors (Lipinski definition) is 7. The molecule has 0 bridgehead atoms. The largest absolute Gasteiger partial charge is 0.367 e. The second-order valence-electron chi connectivity index (χ2n) is 7.34. The van der Waals surface area contributed by atoms with Crippen molar-refractivity contribution in [1.82, 2.24) is 29.0 Å². The molecule has 1 aliphatic carbocycles. The normalized spacial score (nSPS) is 15.8. The maximum absolute atomic E-state index is 11.9. The topological polar surface area (TPSA) is 102 Å². The second kappa shape index (κ2) is 8.79. The average Bonchev–Trinajstić information content (AvgIpc) is 3.42. The highest BCUT2D eigenvalue weighted by molar-refractivity contribution is 14.2. The highest BCUT2D eigenvalue weighted by Gasteiger charge is 2.29. The lowest BCUT2D eigenvalue weighted by Crippen LogP contribution is -2.28. The van der Waals surface area contributed by atoms with Crippen LogP contribution in [0.15, 0.2) is 18.5 Å². The maximum Gasteiger partial charge on any atom is 0.244 e. The molecule has 3 aromatic rings. The molecule has 2 atom stereocenters. The third-order valence-corrected chi connectivity index (χ3v) is 7.23. The van der Waals surface area contributed by atoms with Gasteiger partial charge in [0.25, 0.3) is 0 Å². The van der Waals surface area contributed by atoms with Crippen LogP contribution in [0, 0.1) is 5.92 Å². The zero-order valence-electron chi connectivity index (χ0n) is 16.7. The van der Waals surface area contributed by atoms with E-state index in [4.69, 9.17) is 16.6 Å². The van der Waals surface area contributed by atoms with E-state index in [0.717, 1.165) is 16.9 Å². The minimum Gasteiger partial charge on any atom is -0.367 e. The lowest BCUT2D eigenvalue weighted by molar-refractivity contribution is -0.123. The Morgan fingerprint density at radius 2 is 2.13 bits per heavy atom. The summed E-state index contributed by atoms with van der Waals surface area (Å²) in [6.45, 7) is 3.93. The Hall–Kier alpha value is -1.73. The van der Waals surface area contributed by atoms with Crippen LogP contribution in [-0.4, -0.2) is 42.7 Å². The highest BCUT2D eigenvalue weighted by atomic mass is 127. The van der Waals surface area contributed by atoms with Crippen molar-refractivity contribution in [2.45, 2.75) is 38.8 Å². The van der Waals surface area contributed by atoms with Crippen molar-refractivity contribution in [2.24, 2.45) is 5.92 Å². The van der Waals surface area contributed by atoms with Crippen molar-refractivity contribution < 1.29 is 4.79 Å². The molecule has 0 radical (unpaired) electrons. The summed E-state index contributed by atoms with van der Waals surface area (Å²) < 4.78 is 3.49. The Balaban J connectivity index is 1.67. The van der Waals surface area contributed by atoms with Gasteiger partial charge in [-0.1, -0.05) is 11.6 Å². The molecule has 3 aromatic heterocycles. The van der Waals surface area contributed by atoms with Gasteiger partial charge in [-0.25, -0.2) is 0 Å². The molecular weight excluding hydrogens is 539 g/mol. The van der Waals surface area contributed by atoms with E-state index in [1.54, 1.807) is 20.2 Å². The quantitative estimate of drug-likeness (QED) is 0.351. The fraction of sp³-hybridized carbons (Fsp3) is 0.444. The first-order valence-electron chi connectivity index (χ1n) is 9.59. The van der Waals surface area contributed by atoms with E-state index in [1.807, 2.05) is 16.2 Å². The van der Waals surface area contributed by atoms with Gasteiger partial charge in [0.2, 0.25) is 11.9 Å². The molecule has 4 rings (SSSR count). The zero-order chi connectivity index (χ0) is 21.4. The Labute approximate surface area is 195 Å². The fourth-order valence-electron chi connectivity index (χ4n) is 3.24. The summed E-state index contributed by atoms with van der Waals surface area (Å²) in [6.07, 6.45) is 6.15. The van der Waals surface area contributed by atoms with E-state index >= 15 is 0 Å². The molecule has 1 unspecified atom stereocenters. The first kappa shape index (κ1) is 21.5. The number of nitrogens with one attached hydrogen (secondary N) is 3. The summed E-state index contributed by atoms with van der Waals surface area (Å²) in [6, 6.07) is 1.87. The molecule has 0 aromatic carbocycles. The van der Waals surface area contributed by atoms with E-state index in [2.05, 4.69) is 54.2 Å². The summed E-state index contributed by atoms with van der Waals surface area (Å²) in [5.74, 6) is 1.72. The van der Waals surface area contributed by atoms with E-state index in [1.165, 1.54) is 26.6 Å². The number of rotatable bonds is 8. The molecule has 3 N–H and O–H groups in total. The van der Waals surface area contributed by atoms with Crippen LogP contribution in [0.3, 0.4) is 0 Å². The molecule has 0 spiro atoms. The predicted molar refractivity (Wildman–Crippen MR) is 130 cm³/mol. The third kappa shape index (κ3) is 4.33. The van der Waals surface area contributed by atoms with Gasteiger partial charge in [0.1, 0.15) is 11.9 Å². The maximum atomic E-state index is 11.9. The van der Waals surface area contributed by atoms with Crippen LogP contribution in [0.5, 0.6) is 0 Å². The van der Waals surface area contributed by atoms with Crippen LogP contribution in [0.1, 0.15) is 32.7 Å². The Bertz CT molecular complexity index is 1080. The molecule has 0 aliphatic heterocycles. The number of carbonyl (C=O) groups is 1. The summed E-state index contributed by atoms with van der Waals surface area (Å²) in [4.78, 5) is 21.3.